The Morgan fingerprint density at radius 1 is 1.33 bits per heavy atom. The minimum atomic E-state index is 0.710. The van der Waals surface area contributed by atoms with Gasteiger partial charge in [0.05, 0.1) is 11.3 Å². The van der Waals surface area contributed by atoms with Crippen LogP contribution in [0.1, 0.15) is 16.7 Å². The molecule has 0 spiro atoms. The maximum atomic E-state index is 9.17. The molecular weight excluding hydrogens is 222 g/mol. The zero-order chi connectivity index (χ0) is 13.0. The number of aryl methyl sites for hydroxylation is 1. The summed E-state index contributed by atoms with van der Waals surface area (Å²) in [7, 11) is 1.98. The number of nitriles is 1. The van der Waals surface area contributed by atoms with Crippen molar-refractivity contribution in [2.24, 2.45) is 0 Å². The largest absolute Gasteiger partial charge is 0.369 e. The summed E-state index contributed by atoms with van der Waals surface area (Å²) in [4.78, 5) is 6.16. The number of rotatable bonds is 3. The van der Waals surface area contributed by atoms with Crippen LogP contribution in [0.15, 0.2) is 42.7 Å². The molecular formula is C15H15N3. The van der Waals surface area contributed by atoms with Crippen molar-refractivity contribution in [1.29, 1.82) is 5.26 Å². The van der Waals surface area contributed by atoms with Gasteiger partial charge in [0.25, 0.3) is 0 Å². The van der Waals surface area contributed by atoms with Gasteiger partial charge in [0.1, 0.15) is 6.07 Å². The topological polar surface area (TPSA) is 39.9 Å². The molecule has 1 aromatic carbocycles. The Hall–Kier alpha value is -2.34. The fraction of sp³-hybridized carbons (Fsp3) is 0.200. The highest BCUT2D eigenvalue weighted by molar-refractivity contribution is 5.60. The first kappa shape index (κ1) is 12.1. The Morgan fingerprint density at radius 3 is 2.83 bits per heavy atom. The second kappa shape index (κ2) is 5.33. The van der Waals surface area contributed by atoms with Gasteiger partial charge in [0.15, 0.2) is 0 Å². The van der Waals surface area contributed by atoms with Crippen LogP contribution in [0.2, 0.25) is 0 Å². The van der Waals surface area contributed by atoms with Gasteiger partial charge in [0.2, 0.25) is 0 Å². The molecule has 0 bridgehead atoms. The molecule has 0 saturated heterocycles. The van der Waals surface area contributed by atoms with Crippen LogP contribution < -0.4 is 4.90 Å². The van der Waals surface area contributed by atoms with Gasteiger partial charge in [-0.25, -0.2) is 0 Å². The van der Waals surface area contributed by atoms with E-state index in [0.29, 0.717) is 5.56 Å². The van der Waals surface area contributed by atoms with E-state index in [1.54, 1.807) is 6.20 Å². The Bertz CT molecular complexity index is 570. The van der Waals surface area contributed by atoms with E-state index in [1.807, 2.05) is 50.5 Å². The van der Waals surface area contributed by atoms with Gasteiger partial charge in [-0.15, -0.1) is 0 Å². The Morgan fingerprint density at radius 2 is 2.17 bits per heavy atom. The molecule has 0 saturated carbocycles. The summed E-state index contributed by atoms with van der Waals surface area (Å²) in [6.07, 6.45) is 3.60. The molecule has 0 aliphatic rings. The third-order valence-corrected chi connectivity index (χ3v) is 2.83. The highest BCUT2D eigenvalue weighted by atomic mass is 15.1. The molecule has 0 unspecified atom stereocenters. The van der Waals surface area contributed by atoms with Crippen LogP contribution in [-0.2, 0) is 6.54 Å². The lowest BCUT2D eigenvalue weighted by atomic mass is 10.1. The van der Waals surface area contributed by atoms with E-state index in [9.17, 15) is 0 Å². The van der Waals surface area contributed by atoms with E-state index in [1.165, 1.54) is 0 Å². The summed E-state index contributed by atoms with van der Waals surface area (Å²) in [5.41, 5.74) is 3.89. The van der Waals surface area contributed by atoms with Gasteiger partial charge in [-0.1, -0.05) is 12.1 Å². The molecule has 0 atom stereocenters. The smallest absolute Gasteiger partial charge is 0.101 e. The van der Waals surface area contributed by atoms with Gasteiger partial charge in [-0.3, -0.25) is 4.98 Å². The van der Waals surface area contributed by atoms with Crippen LogP contribution in [0.25, 0.3) is 0 Å². The zero-order valence-corrected chi connectivity index (χ0v) is 10.6. The molecule has 0 amide bonds. The third-order valence-electron chi connectivity index (χ3n) is 2.83. The number of anilines is 1. The normalized spacial score (nSPS) is 9.83. The molecule has 0 aliphatic carbocycles. The number of hydrogen-bond donors (Lipinski definition) is 0. The van der Waals surface area contributed by atoms with Crippen molar-refractivity contribution in [1.82, 2.24) is 4.98 Å². The fourth-order valence-corrected chi connectivity index (χ4v) is 1.92. The quantitative estimate of drug-likeness (QED) is 0.824. The van der Waals surface area contributed by atoms with Crippen LogP contribution in [-0.4, -0.2) is 12.0 Å². The number of benzene rings is 1. The van der Waals surface area contributed by atoms with E-state index in [2.05, 4.69) is 16.0 Å². The average Bonchev–Trinajstić information content (AvgIpc) is 2.39. The lowest BCUT2D eigenvalue weighted by molar-refractivity contribution is 0.913. The van der Waals surface area contributed by atoms with Crippen LogP contribution >= 0.6 is 0 Å². The van der Waals surface area contributed by atoms with E-state index in [0.717, 1.165) is 23.4 Å². The van der Waals surface area contributed by atoms with E-state index < -0.39 is 0 Å². The van der Waals surface area contributed by atoms with Crippen LogP contribution in [0, 0.1) is 18.3 Å². The van der Waals surface area contributed by atoms with Crippen molar-refractivity contribution in [3.05, 3.63) is 59.4 Å². The van der Waals surface area contributed by atoms with Crippen molar-refractivity contribution >= 4 is 5.69 Å². The molecule has 3 heteroatoms. The van der Waals surface area contributed by atoms with Crippen molar-refractivity contribution in [2.45, 2.75) is 13.5 Å². The van der Waals surface area contributed by atoms with E-state index in [4.69, 9.17) is 5.26 Å². The van der Waals surface area contributed by atoms with Gasteiger partial charge >= 0.3 is 0 Å². The second-order valence-electron chi connectivity index (χ2n) is 4.35. The summed E-state index contributed by atoms with van der Waals surface area (Å²) < 4.78 is 0. The summed E-state index contributed by atoms with van der Waals surface area (Å²) in [6, 6.07) is 12.1. The predicted molar refractivity (Wildman–Crippen MR) is 72.2 cm³/mol. The number of hydrogen-bond acceptors (Lipinski definition) is 3. The van der Waals surface area contributed by atoms with Crippen LogP contribution in [0.3, 0.4) is 0 Å². The zero-order valence-electron chi connectivity index (χ0n) is 10.6. The summed E-state index contributed by atoms with van der Waals surface area (Å²) in [5.74, 6) is 0. The minimum absolute atomic E-state index is 0.710. The number of nitrogens with zero attached hydrogens (tertiary/aromatic N) is 3. The number of pyridine rings is 1. The Kier molecular flexibility index (Phi) is 3.59. The first-order chi connectivity index (χ1) is 8.70. The molecule has 3 nitrogen and oxygen atoms in total. The molecule has 0 radical (unpaired) electrons. The van der Waals surface area contributed by atoms with Crippen molar-refractivity contribution in [2.75, 3.05) is 11.9 Å². The highest BCUT2D eigenvalue weighted by Crippen LogP contribution is 2.21. The minimum Gasteiger partial charge on any atom is -0.369 e. The SMILES string of the molecule is Cc1ccc(N(C)Cc2cccnc2)c(C#N)c1. The average molecular weight is 237 g/mol. The Balaban J connectivity index is 2.24. The third kappa shape index (κ3) is 2.67. The molecule has 2 rings (SSSR count). The summed E-state index contributed by atoms with van der Waals surface area (Å²) >= 11 is 0. The standard InChI is InChI=1S/C15H15N3/c1-12-5-6-15(14(8-12)9-16)18(2)11-13-4-3-7-17-10-13/h3-8,10H,11H2,1-2H3. The fourth-order valence-electron chi connectivity index (χ4n) is 1.92. The predicted octanol–water partition coefficient (Wildman–Crippen LogP) is 2.90. The van der Waals surface area contributed by atoms with E-state index >= 15 is 0 Å². The van der Waals surface area contributed by atoms with Crippen LogP contribution in [0.5, 0.6) is 0 Å². The van der Waals surface area contributed by atoms with E-state index in [-0.39, 0.29) is 0 Å². The lowest BCUT2D eigenvalue weighted by Gasteiger charge is -2.20. The first-order valence-corrected chi connectivity index (χ1v) is 5.81. The molecule has 18 heavy (non-hydrogen) atoms. The molecule has 0 fully saturated rings. The van der Waals surface area contributed by atoms with Gasteiger partial charge in [-0.2, -0.15) is 5.26 Å². The number of aromatic nitrogens is 1. The van der Waals surface area contributed by atoms with Crippen molar-refractivity contribution in [3.63, 3.8) is 0 Å². The maximum Gasteiger partial charge on any atom is 0.101 e. The van der Waals surface area contributed by atoms with Gasteiger partial charge < -0.3 is 4.90 Å². The van der Waals surface area contributed by atoms with Gasteiger partial charge in [-0.05, 0) is 36.2 Å². The molecule has 1 heterocycles. The monoisotopic (exact) mass is 237 g/mol. The molecule has 1 aromatic heterocycles. The Labute approximate surface area is 107 Å². The molecule has 0 N–H and O–H groups in total. The van der Waals surface area contributed by atoms with Gasteiger partial charge in [0, 0.05) is 26.0 Å². The van der Waals surface area contributed by atoms with Crippen molar-refractivity contribution < 1.29 is 0 Å². The lowest BCUT2D eigenvalue weighted by Crippen LogP contribution is -2.17. The molecule has 90 valence electrons. The second-order valence-corrected chi connectivity index (χ2v) is 4.35. The molecule has 0 aliphatic heterocycles. The highest BCUT2D eigenvalue weighted by Gasteiger charge is 2.07. The molecule has 2 aromatic rings. The van der Waals surface area contributed by atoms with Crippen LogP contribution in [0.4, 0.5) is 5.69 Å². The summed E-state index contributed by atoms with van der Waals surface area (Å²) in [6.45, 7) is 2.73. The first-order valence-electron chi connectivity index (χ1n) is 5.81. The maximum absolute atomic E-state index is 9.17. The summed E-state index contributed by atoms with van der Waals surface area (Å²) in [5, 5.41) is 9.17. The van der Waals surface area contributed by atoms with Crippen molar-refractivity contribution in [3.8, 4) is 6.07 Å².